The molecule has 2 unspecified atom stereocenters. The van der Waals surface area contributed by atoms with Crippen molar-refractivity contribution >= 4 is 41.1 Å². The fourth-order valence-corrected chi connectivity index (χ4v) is 2.24. The van der Waals surface area contributed by atoms with Gasteiger partial charge >= 0.3 is 12.0 Å². The van der Waals surface area contributed by atoms with Gasteiger partial charge in [0, 0.05) is 12.0 Å². The van der Waals surface area contributed by atoms with Crippen molar-refractivity contribution in [1.82, 2.24) is 10.6 Å². The zero-order chi connectivity index (χ0) is 16.6. The Morgan fingerprint density at radius 3 is 2.10 bits per heavy atom. The lowest BCUT2D eigenvalue weighted by atomic mass is 10.1. The van der Waals surface area contributed by atoms with E-state index in [1.165, 1.54) is 6.92 Å². The second-order valence-electron chi connectivity index (χ2n) is 6.45. The molecule has 1 rings (SSSR count). The van der Waals surface area contributed by atoms with Crippen molar-refractivity contribution in [2.75, 3.05) is 0 Å². The fourth-order valence-electron chi connectivity index (χ4n) is 1.55. The number of nitrogens with one attached hydrogen (secondary N) is 2. The molecule has 2 atom stereocenters. The van der Waals surface area contributed by atoms with E-state index in [1.54, 1.807) is 27.7 Å². The molecule has 1 aliphatic rings. The Labute approximate surface area is 133 Å². The number of esters is 1. The largest absolute Gasteiger partial charge is 0.452 e. The molecule has 0 aromatic heterocycles. The van der Waals surface area contributed by atoms with E-state index >= 15 is 0 Å². The third kappa shape index (κ3) is 4.48. The molecule has 120 valence electrons. The summed E-state index contributed by atoms with van der Waals surface area (Å²) in [5.74, 6) is -1.38. The number of halogens is 2. The van der Waals surface area contributed by atoms with Gasteiger partial charge in [0.2, 0.25) is 0 Å². The zero-order valence-corrected chi connectivity index (χ0v) is 14.2. The molecule has 0 aliphatic heterocycles. The number of hydrogen-bond donors (Lipinski definition) is 2. The molecule has 0 aromatic carbocycles. The van der Waals surface area contributed by atoms with Gasteiger partial charge in [-0.05, 0) is 34.6 Å². The first-order valence-corrected chi connectivity index (χ1v) is 7.26. The summed E-state index contributed by atoms with van der Waals surface area (Å²) in [5.41, 5.74) is -1.50. The topological polar surface area (TPSA) is 84.5 Å². The standard InChI is InChI=1S/C13H20Cl2N2O4/c1-7(8(18)16-10(20)17-11(2,3)4)21-9(19)12(5)6-13(12,14)15/h7H,6H2,1-5H3,(H2,16,17,18,20). The van der Waals surface area contributed by atoms with Crippen LogP contribution in [0.15, 0.2) is 0 Å². The van der Waals surface area contributed by atoms with Crippen molar-refractivity contribution in [1.29, 1.82) is 0 Å². The van der Waals surface area contributed by atoms with Crippen molar-refractivity contribution in [2.45, 2.75) is 57.0 Å². The number of alkyl halides is 2. The first-order valence-electron chi connectivity index (χ1n) is 6.50. The van der Waals surface area contributed by atoms with E-state index in [0.717, 1.165) is 0 Å². The summed E-state index contributed by atoms with van der Waals surface area (Å²) in [6, 6.07) is -0.655. The average Bonchev–Trinajstić information content (AvgIpc) is 2.76. The summed E-state index contributed by atoms with van der Waals surface area (Å²) < 4.78 is 3.84. The van der Waals surface area contributed by atoms with Gasteiger partial charge < -0.3 is 10.1 Å². The summed E-state index contributed by atoms with van der Waals surface area (Å²) >= 11 is 11.7. The van der Waals surface area contributed by atoms with Crippen LogP contribution < -0.4 is 10.6 Å². The van der Waals surface area contributed by atoms with Crippen molar-refractivity contribution < 1.29 is 19.1 Å². The summed E-state index contributed by atoms with van der Waals surface area (Å²) in [6.45, 7) is 8.25. The maximum atomic E-state index is 11.9. The maximum Gasteiger partial charge on any atom is 0.321 e. The number of amides is 3. The third-order valence-electron chi connectivity index (χ3n) is 3.09. The number of carbonyl (C=O) groups is 3. The van der Waals surface area contributed by atoms with Gasteiger partial charge in [-0.15, -0.1) is 23.2 Å². The quantitative estimate of drug-likeness (QED) is 0.609. The lowest BCUT2D eigenvalue weighted by Gasteiger charge is -2.21. The fraction of sp³-hybridized carbons (Fsp3) is 0.769. The van der Waals surface area contributed by atoms with Crippen LogP contribution in [0, 0.1) is 5.41 Å². The van der Waals surface area contributed by atoms with Gasteiger partial charge in [-0.25, -0.2) is 4.79 Å². The molecule has 8 heteroatoms. The number of ether oxygens (including phenoxy) is 1. The van der Waals surface area contributed by atoms with Gasteiger partial charge in [0.25, 0.3) is 5.91 Å². The number of rotatable bonds is 3. The highest BCUT2D eigenvalue weighted by Gasteiger charge is 2.69. The second kappa shape index (κ2) is 5.65. The molecular weight excluding hydrogens is 319 g/mol. The van der Waals surface area contributed by atoms with Crippen LogP contribution in [0.4, 0.5) is 4.79 Å². The van der Waals surface area contributed by atoms with Crippen LogP contribution in [-0.4, -0.2) is 33.9 Å². The van der Waals surface area contributed by atoms with Crippen molar-refractivity contribution in [3.63, 3.8) is 0 Å². The third-order valence-corrected chi connectivity index (χ3v) is 4.19. The minimum atomic E-state index is -1.16. The number of urea groups is 1. The van der Waals surface area contributed by atoms with Crippen LogP contribution in [-0.2, 0) is 14.3 Å². The molecule has 3 amide bonds. The highest BCUT2D eigenvalue weighted by molar-refractivity contribution is 6.53. The number of imide groups is 1. The summed E-state index contributed by atoms with van der Waals surface area (Å²) in [6.07, 6.45) is -0.856. The van der Waals surface area contributed by atoms with E-state index in [1.807, 2.05) is 0 Å². The van der Waals surface area contributed by atoms with Crippen LogP contribution in [0.5, 0.6) is 0 Å². The molecule has 0 spiro atoms. The molecule has 21 heavy (non-hydrogen) atoms. The number of carbonyl (C=O) groups excluding carboxylic acids is 3. The van der Waals surface area contributed by atoms with Crippen molar-refractivity contribution in [3.05, 3.63) is 0 Å². The summed E-state index contributed by atoms with van der Waals surface area (Å²) in [5, 5.41) is 4.66. The Morgan fingerprint density at radius 1 is 1.24 bits per heavy atom. The van der Waals surface area contributed by atoms with Gasteiger partial charge in [0.15, 0.2) is 6.10 Å². The first kappa shape index (κ1) is 18.0. The Bertz CT molecular complexity index is 473. The Morgan fingerprint density at radius 2 is 1.71 bits per heavy atom. The molecule has 0 radical (unpaired) electrons. The van der Waals surface area contributed by atoms with Gasteiger partial charge in [-0.2, -0.15) is 0 Å². The molecule has 2 N–H and O–H groups in total. The highest BCUT2D eigenvalue weighted by atomic mass is 35.5. The molecule has 0 heterocycles. The first-order chi connectivity index (χ1) is 9.28. The normalized spacial score (nSPS) is 24.7. The zero-order valence-electron chi connectivity index (χ0n) is 12.7. The lowest BCUT2D eigenvalue weighted by molar-refractivity contribution is -0.159. The Kier molecular flexibility index (Phi) is 4.85. The Hall–Kier alpha value is -1.01. The predicted molar refractivity (Wildman–Crippen MR) is 79.1 cm³/mol. The minimum Gasteiger partial charge on any atom is -0.452 e. The van der Waals surface area contributed by atoms with Crippen molar-refractivity contribution in [2.24, 2.45) is 5.41 Å². The smallest absolute Gasteiger partial charge is 0.321 e. The van der Waals surface area contributed by atoms with E-state index < -0.39 is 39.3 Å². The Balaban J connectivity index is 2.49. The molecule has 0 bridgehead atoms. The lowest BCUT2D eigenvalue weighted by Crippen LogP contribution is -2.50. The molecule has 1 fully saturated rings. The second-order valence-corrected chi connectivity index (χ2v) is 7.94. The van der Waals surface area contributed by atoms with Crippen LogP contribution >= 0.6 is 23.2 Å². The van der Waals surface area contributed by atoms with E-state index in [9.17, 15) is 14.4 Å². The van der Waals surface area contributed by atoms with Crippen molar-refractivity contribution in [3.8, 4) is 0 Å². The monoisotopic (exact) mass is 338 g/mol. The summed E-state index contributed by atoms with van der Waals surface area (Å²) in [4.78, 5) is 35.2. The van der Waals surface area contributed by atoms with Gasteiger partial charge in [0.1, 0.15) is 9.75 Å². The summed E-state index contributed by atoms with van der Waals surface area (Å²) in [7, 11) is 0. The van der Waals surface area contributed by atoms with Gasteiger partial charge in [0.05, 0.1) is 0 Å². The van der Waals surface area contributed by atoms with Crippen LogP contribution in [0.25, 0.3) is 0 Å². The highest BCUT2D eigenvalue weighted by Crippen LogP contribution is 2.64. The van der Waals surface area contributed by atoms with E-state index in [4.69, 9.17) is 27.9 Å². The number of hydrogen-bond acceptors (Lipinski definition) is 4. The molecule has 6 nitrogen and oxygen atoms in total. The van der Waals surface area contributed by atoms with E-state index in [0.29, 0.717) is 0 Å². The van der Waals surface area contributed by atoms with Gasteiger partial charge in [-0.3, -0.25) is 14.9 Å². The molecule has 1 saturated carbocycles. The molecular formula is C13H20Cl2N2O4. The predicted octanol–water partition coefficient (Wildman–Crippen LogP) is 2.13. The SMILES string of the molecule is CC(OC(=O)C1(C)CC1(Cl)Cl)C(=O)NC(=O)NC(C)(C)C. The van der Waals surface area contributed by atoms with E-state index in [-0.39, 0.29) is 6.42 Å². The minimum absolute atomic E-state index is 0.265. The van der Waals surface area contributed by atoms with Crippen LogP contribution in [0.3, 0.4) is 0 Å². The van der Waals surface area contributed by atoms with Gasteiger partial charge in [-0.1, -0.05) is 0 Å². The van der Waals surface area contributed by atoms with Crippen LogP contribution in [0.1, 0.15) is 41.0 Å². The van der Waals surface area contributed by atoms with E-state index in [2.05, 4.69) is 10.6 Å². The molecule has 0 aromatic rings. The molecule has 0 saturated heterocycles. The van der Waals surface area contributed by atoms with Crippen LogP contribution in [0.2, 0.25) is 0 Å². The average molecular weight is 339 g/mol. The molecule has 1 aliphatic carbocycles. The maximum absolute atomic E-state index is 11.9.